The minimum Gasteiger partial charge on any atom is -0.340 e. The number of hydrogen-bond donors (Lipinski definition) is 2. The maximum absolute atomic E-state index is 11.1. The van der Waals surface area contributed by atoms with E-state index in [0.29, 0.717) is 5.82 Å². The molecule has 0 aliphatic rings. The number of aromatic nitrogens is 2. The third kappa shape index (κ3) is 2.48. The summed E-state index contributed by atoms with van der Waals surface area (Å²) in [5.41, 5.74) is 2.56. The average molecular weight is 215 g/mol. The van der Waals surface area contributed by atoms with Gasteiger partial charge in [-0.1, -0.05) is 17.7 Å². The molecular formula is C12H13N3O. The van der Waals surface area contributed by atoms with Crippen LogP contribution in [0.4, 0.5) is 11.5 Å². The molecule has 1 heterocycles. The maximum Gasteiger partial charge on any atom is 0.347 e. The van der Waals surface area contributed by atoms with Crippen LogP contribution in [0.15, 0.2) is 35.1 Å². The summed E-state index contributed by atoms with van der Waals surface area (Å²) in [6, 6.07) is 9.70. The quantitative estimate of drug-likeness (QED) is 0.806. The zero-order valence-electron chi connectivity index (χ0n) is 9.24. The Kier molecular flexibility index (Phi) is 2.72. The van der Waals surface area contributed by atoms with Crippen LogP contribution < -0.4 is 11.0 Å². The number of aryl methyl sites for hydroxylation is 2. The highest BCUT2D eigenvalue weighted by Crippen LogP contribution is 2.14. The molecule has 16 heavy (non-hydrogen) atoms. The summed E-state index contributed by atoms with van der Waals surface area (Å²) < 4.78 is 0. The lowest BCUT2D eigenvalue weighted by atomic mass is 10.2. The molecule has 2 rings (SSSR count). The van der Waals surface area contributed by atoms with Gasteiger partial charge in [-0.15, -0.1) is 0 Å². The van der Waals surface area contributed by atoms with Crippen molar-refractivity contribution in [1.29, 1.82) is 0 Å². The minimum atomic E-state index is -0.338. The fraction of sp³-hybridized carbons (Fsp3) is 0.167. The number of nitrogens with zero attached hydrogens (tertiary/aromatic N) is 1. The number of rotatable bonds is 2. The number of hydrogen-bond acceptors (Lipinski definition) is 3. The predicted octanol–water partition coefficient (Wildman–Crippen LogP) is 2.13. The number of aromatic amines is 1. The zero-order chi connectivity index (χ0) is 11.5. The second-order valence-corrected chi connectivity index (χ2v) is 3.75. The first kappa shape index (κ1) is 10.4. The van der Waals surface area contributed by atoms with Crippen molar-refractivity contribution in [3.05, 3.63) is 52.1 Å². The first-order valence-electron chi connectivity index (χ1n) is 5.05. The predicted molar refractivity (Wildman–Crippen MR) is 64.1 cm³/mol. The van der Waals surface area contributed by atoms with E-state index in [4.69, 9.17) is 0 Å². The SMILES string of the molecule is Cc1ccc(Nc2cc(C)[nH]c(=O)n2)cc1. The third-order valence-corrected chi connectivity index (χ3v) is 2.20. The molecule has 82 valence electrons. The van der Waals surface area contributed by atoms with Gasteiger partial charge in [-0.05, 0) is 26.0 Å². The Balaban J connectivity index is 2.26. The van der Waals surface area contributed by atoms with Gasteiger partial charge >= 0.3 is 5.69 Å². The molecular weight excluding hydrogens is 202 g/mol. The second-order valence-electron chi connectivity index (χ2n) is 3.75. The number of nitrogens with one attached hydrogen (secondary N) is 2. The molecule has 0 saturated heterocycles. The van der Waals surface area contributed by atoms with Crippen molar-refractivity contribution in [2.24, 2.45) is 0 Å². The number of benzene rings is 1. The van der Waals surface area contributed by atoms with Crippen LogP contribution in [0.3, 0.4) is 0 Å². The highest BCUT2D eigenvalue weighted by Gasteiger charge is 1.98. The first-order chi connectivity index (χ1) is 7.63. The Labute approximate surface area is 93.4 Å². The van der Waals surface area contributed by atoms with Crippen LogP contribution in [0.2, 0.25) is 0 Å². The molecule has 0 spiro atoms. The Morgan fingerprint density at radius 1 is 1.19 bits per heavy atom. The van der Waals surface area contributed by atoms with Gasteiger partial charge in [0.1, 0.15) is 5.82 Å². The summed E-state index contributed by atoms with van der Waals surface area (Å²) in [6.07, 6.45) is 0. The molecule has 0 fully saturated rings. The fourth-order valence-corrected chi connectivity index (χ4v) is 1.43. The molecule has 0 bridgehead atoms. The standard InChI is InChI=1S/C12H13N3O/c1-8-3-5-10(6-4-8)14-11-7-9(2)13-12(16)15-11/h3-7H,1-2H3,(H2,13,14,15,16). The van der Waals surface area contributed by atoms with Crippen molar-refractivity contribution in [3.63, 3.8) is 0 Å². The molecule has 0 aliphatic carbocycles. The van der Waals surface area contributed by atoms with Crippen molar-refractivity contribution in [1.82, 2.24) is 9.97 Å². The Morgan fingerprint density at radius 3 is 2.50 bits per heavy atom. The maximum atomic E-state index is 11.1. The molecule has 0 amide bonds. The van der Waals surface area contributed by atoms with E-state index in [1.54, 1.807) is 6.07 Å². The monoisotopic (exact) mass is 215 g/mol. The van der Waals surface area contributed by atoms with Crippen molar-refractivity contribution in [3.8, 4) is 0 Å². The third-order valence-electron chi connectivity index (χ3n) is 2.20. The van der Waals surface area contributed by atoms with Gasteiger partial charge in [0.15, 0.2) is 0 Å². The van der Waals surface area contributed by atoms with Crippen LogP contribution in [0.25, 0.3) is 0 Å². The fourth-order valence-electron chi connectivity index (χ4n) is 1.43. The van der Waals surface area contributed by atoms with Crippen LogP contribution in [0.1, 0.15) is 11.3 Å². The molecule has 4 heteroatoms. The van der Waals surface area contributed by atoms with Crippen LogP contribution in [0.5, 0.6) is 0 Å². The molecule has 0 aliphatic heterocycles. The first-order valence-corrected chi connectivity index (χ1v) is 5.05. The Bertz CT molecular complexity index is 543. The van der Waals surface area contributed by atoms with E-state index in [1.165, 1.54) is 5.56 Å². The topological polar surface area (TPSA) is 57.8 Å². The normalized spacial score (nSPS) is 10.1. The van der Waals surface area contributed by atoms with E-state index < -0.39 is 0 Å². The van der Waals surface area contributed by atoms with E-state index in [-0.39, 0.29) is 5.69 Å². The van der Waals surface area contributed by atoms with E-state index in [2.05, 4.69) is 15.3 Å². The van der Waals surface area contributed by atoms with Crippen LogP contribution in [0, 0.1) is 13.8 Å². The van der Waals surface area contributed by atoms with Gasteiger partial charge < -0.3 is 10.3 Å². The van der Waals surface area contributed by atoms with E-state index in [0.717, 1.165) is 11.4 Å². The molecule has 1 aromatic carbocycles. The average Bonchev–Trinajstić information content (AvgIpc) is 2.20. The molecule has 1 aromatic heterocycles. The van der Waals surface area contributed by atoms with E-state index in [9.17, 15) is 4.79 Å². The highest BCUT2D eigenvalue weighted by atomic mass is 16.1. The molecule has 0 radical (unpaired) electrons. The summed E-state index contributed by atoms with van der Waals surface area (Å²) >= 11 is 0. The largest absolute Gasteiger partial charge is 0.347 e. The summed E-state index contributed by atoms with van der Waals surface area (Å²) in [5.74, 6) is 0.560. The number of H-pyrrole nitrogens is 1. The van der Waals surface area contributed by atoms with Crippen molar-refractivity contribution in [2.45, 2.75) is 13.8 Å². The Morgan fingerprint density at radius 2 is 1.88 bits per heavy atom. The molecule has 4 nitrogen and oxygen atoms in total. The van der Waals surface area contributed by atoms with Crippen molar-refractivity contribution < 1.29 is 0 Å². The van der Waals surface area contributed by atoms with Gasteiger partial charge in [0, 0.05) is 17.4 Å². The molecule has 0 saturated carbocycles. The summed E-state index contributed by atoms with van der Waals surface area (Å²) in [7, 11) is 0. The lowest BCUT2D eigenvalue weighted by Crippen LogP contribution is -2.13. The lowest BCUT2D eigenvalue weighted by molar-refractivity contribution is 1.03. The molecule has 2 aromatic rings. The zero-order valence-corrected chi connectivity index (χ0v) is 9.24. The van der Waals surface area contributed by atoms with Gasteiger partial charge in [-0.25, -0.2) is 4.79 Å². The minimum absolute atomic E-state index is 0.338. The lowest BCUT2D eigenvalue weighted by Gasteiger charge is -2.05. The summed E-state index contributed by atoms with van der Waals surface area (Å²) in [6.45, 7) is 3.85. The molecule has 2 N–H and O–H groups in total. The van der Waals surface area contributed by atoms with Crippen LogP contribution in [-0.2, 0) is 0 Å². The second kappa shape index (κ2) is 4.18. The van der Waals surface area contributed by atoms with Crippen molar-refractivity contribution >= 4 is 11.5 Å². The van der Waals surface area contributed by atoms with Crippen LogP contribution in [-0.4, -0.2) is 9.97 Å². The van der Waals surface area contributed by atoms with Gasteiger partial charge in [0.2, 0.25) is 0 Å². The van der Waals surface area contributed by atoms with Gasteiger partial charge in [0.05, 0.1) is 0 Å². The van der Waals surface area contributed by atoms with E-state index in [1.807, 2.05) is 38.1 Å². The summed E-state index contributed by atoms with van der Waals surface area (Å²) in [4.78, 5) is 17.6. The number of anilines is 2. The highest BCUT2D eigenvalue weighted by molar-refractivity contribution is 5.56. The smallest absolute Gasteiger partial charge is 0.340 e. The van der Waals surface area contributed by atoms with Crippen molar-refractivity contribution in [2.75, 3.05) is 5.32 Å². The van der Waals surface area contributed by atoms with Gasteiger partial charge in [0.25, 0.3) is 0 Å². The van der Waals surface area contributed by atoms with E-state index >= 15 is 0 Å². The van der Waals surface area contributed by atoms with Gasteiger partial charge in [-0.2, -0.15) is 4.98 Å². The molecule has 0 atom stereocenters. The van der Waals surface area contributed by atoms with Crippen LogP contribution >= 0.6 is 0 Å². The summed E-state index contributed by atoms with van der Waals surface area (Å²) in [5, 5.41) is 3.08. The van der Waals surface area contributed by atoms with Gasteiger partial charge in [-0.3, -0.25) is 0 Å². The molecule has 0 unspecified atom stereocenters. The Hall–Kier alpha value is -2.10.